The van der Waals surface area contributed by atoms with E-state index < -0.39 is 0 Å². The normalized spacial score (nSPS) is 21.6. The number of rotatable bonds is 4. The second-order valence-electron chi connectivity index (χ2n) is 6.31. The van der Waals surface area contributed by atoms with Crippen LogP contribution in [0.5, 0.6) is 5.75 Å². The molecule has 2 aliphatic heterocycles. The third kappa shape index (κ3) is 2.66. The van der Waals surface area contributed by atoms with Crippen molar-refractivity contribution < 1.29 is 14.2 Å². The van der Waals surface area contributed by atoms with Crippen LogP contribution in [0.25, 0.3) is 11.3 Å². The van der Waals surface area contributed by atoms with Gasteiger partial charge in [0, 0.05) is 24.7 Å². The molecule has 0 N–H and O–H groups in total. The third-order valence-electron chi connectivity index (χ3n) is 4.66. The Balaban J connectivity index is 1.85. The van der Waals surface area contributed by atoms with Gasteiger partial charge in [0.15, 0.2) is 11.9 Å². The second-order valence-corrected chi connectivity index (χ2v) is 6.67. The van der Waals surface area contributed by atoms with Gasteiger partial charge in [-0.1, -0.05) is 17.7 Å². The van der Waals surface area contributed by atoms with Crippen LogP contribution in [-0.2, 0) is 15.9 Å². The predicted molar refractivity (Wildman–Crippen MR) is 90.3 cm³/mol. The number of aryl methyl sites for hydroxylation is 1. The van der Waals surface area contributed by atoms with Crippen LogP contribution in [0.4, 0.5) is 0 Å². The minimum atomic E-state index is 0.0364. The predicted octanol–water partition coefficient (Wildman–Crippen LogP) is 3.86. The maximum atomic E-state index is 6.34. The van der Waals surface area contributed by atoms with Gasteiger partial charge in [0.2, 0.25) is 0 Å². The van der Waals surface area contributed by atoms with Crippen molar-refractivity contribution in [1.82, 2.24) is 10.2 Å². The van der Waals surface area contributed by atoms with E-state index in [9.17, 15) is 0 Å². The number of fused-ring (bicyclic) bond motifs is 4. The van der Waals surface area contributed by atoms with Gasteiger partial charge in [-0.3, -0.25) is 0 Å². The molecule has 0 radical (unpaired) electrons. The number of methoxy groups -OCH3 is 1. The molecule has 1 aromatic carbocycles. The number of ether oxygens (including phenoxy) is 3. The number of halogens is 1. The molecule has 4 rings (SSSR count). The lowest BCUT2D eigenvalue weighted by atomic mass is 9.94. The Morgan fingerprint density at radius 1 is 1.29 bits per heavy atom. The Hall–Kier alpha value is -1.69. The summed E-state index contributed by atoms with van der Waals surface area (Å²) >= 11 is 6.34. The quantitative estimate of drug-likeness (QED) is 0.787. The van der Waals surface area contributed by atoms with E-state index in [0.29, 0.717) is 5.15 Å². The number of hydrogen-bond donors (Lipinski definition) is 0. The van der Waals surface area contributed by atoms with Gasteiger partial charge in [-0.2, -0.15) is 0 Å². The summed E-state index contributed by atoms with van der Waals surface area (Å²) in [5.41, 5.74) is 5.00. The van der Waals surface area contributed by atoms with E-state index >= 15 is 0 Å². The van der Waals surface area contributed by atoms with E-state index in [4.69, 9.17) is 25.8 Å². The van der Waals surface area contributed by atoms with Gasteiger partial charge in [0.05, 0.1) is 12.2 Å². The highest BCUT2D eigenvalue weighted by Crippen LogP contribution is 2.46. The van der Waals surface area contributed by atoms with Crippen molar-refractivity contribution in [3.63, 3.8) is 0 Å². The molecule has 2 atom stereocenters. The van der Waals surface area contributed by atoms with Crippen LogP contribution in [0.3, 0.4) is 0 Å². The largest absolute Gasteiger partial charge is 0.467 e. The molecule has 2 aromatic rings. The smallest absolute Gasteiger partial charge is 0.188 e. The topological polar surface area (TPSA) is 53.5 Å². The summed E-state index contributed by atoms with van der Waals surface area (Å²) < 4.78 is 16.8. The lowest BCUT2D eigenvalue weighted by Gasteiger charge is -2.26. The fourth-order valence-corrected chi connectivity index (χ4v) is 3.85. The second kappa shape index (κ2) is 6.31. The summed E-state index contributed by atoms with van der Waals surface area (Å²) in [7, 11) is 1.61. The molecule has 0 amide bonds. The van der Waals surface area contributed by atoms with Crippen molar-refractivity contribution >= 4 is 11.6 Å². The van der Waals surface area contributed by atoms with E-state index in [1.54, 1.807) is 7.11 Å². The van der Waals surface area contributed by atoms with E-state index in [1.807, 2.05) is 25.1 Å². The Morgan fingerprint density at radius 2 is 2.17 bits per heavy atom. The highest BCUT2D eigenvalue weighted by molar-refractivity contribution is 6.30. The summed E-state index contributed by atoms with van der Waals surface area (Å²) in [4.78, 5) is 0. The molecule has 2 unspecified atom stereocenters. The Labute approximate surface area is 145 Å². The number of nitrogens with zero attached hydrogens (tertiary/aromatic N) is 2. The molecule has 1 fully saturated rings. The average Bonchev–Trinajstić information content (AvgIpc) is 2.95. The van der Waals surface area contributed by atoms with Gasteiger partial charge in [0.25, 0.3) is 0 Å². The van der Waals surface area contributed by atoms with E-state index in [2.05, 4.69) is 10.2 Å². The standard InChI is InChI=1S/C18H19ClN2O3/c1-10-3-5-12(15(7-10)23-9-22-2)17-13-8-11-4-6-14(24-11)16(13)18(19)21-20-17/h3,5,7,11,14H,4,6,8-9H2,1-2H3. The van der Waals surface area contributed by atoms with Crippen LogP contribution >= 0.6 is 11.6 Å². The van der Waals surface area contributed by atoms with Gasteiger partial charge in [-0.15, -0.1) is 10.2 Å². The molecule has 24 heavy (non-hydrogen) atoms. The van der Waals surface area contributed by atoms with Crippen molar-refractivity contribution in [2.45, 2.75) is 38.4 Å². The number of benzene rings is 1. The molecule has 2 aliphatic rings. The Kier molecular flexibility index (Phi) is 4.16. The molecule has 3 heterocycles. The zero-order valence-corrected chi connectivity index (χ0v) is 14.5. The van der Waals surface area contributed by atoms with Crippen molar-refractivity contribution in [1.29, 1.82) is 0 Å². The fraction of sp³-hybridized carbons (Fsp3) is 0.444. The molecule has 6 heteroatoms. The van der Waals surface area contributed by atoms with Crippen LogP contribution < -0.4 is 4.74 Å². The monoisotopic (exact) mass is 346 g/mol. The van der Waals surface area contributed by atoms with Gasteiger partial charge in [0.1, 0.15) is 11.4 Å². The molecule has 0 spiro atoms. The van der Waals surface area contributed by atoms with Gasteiger partial charge in [-0.05, 0) is 43.0 Å². The maximum absolute atomic E-state index is 6.34. The number of aromatic nitrogens is 2. The maximum Gasteiger partial charge on any atom is 0.188 e. The average molecular weight is 347 g/mol. The molecule has 0 aliphatic carbocycles. The summed E-state index contributed by atoms with van der Waals surface area (Å²) in [6.07, 6.45) is 3.14. The zero-order valence-electron chi connectivity index (χ0n) is 13.7. The van der Waals surface area contributed by atoms with Gasteiger partial charge < -0.3 is 14.2 Å². The summed E-state index contributed by atoms with van der Waals surface area (Å²) in [5.74, 6) is 0.745. The highest BCUT2D eigenvalue weighted by atomic mass is 35.5. The van der Waals surface area contributed by atoms with Crippen LogP contribution in [0.2, 0.25) is 5.15 Å². The first-order chi connectivity index (χ1) is 11.7. The molecule has 2 bridgehead atoms. The van der Waals surface area contributed by atoms with Gasteiger partial charge in [-0.25, -0.2) is 0 Å². The van der Waals surface area contributed by atoms with E-state index in [-0.39, 0.29) is 19.0 Å². The SMILES string of the molecule is COCOc1cc(C)ccc1-c1nnc(Cl)c2c1CC1CCC2O1. The summed E-state index contributed by atoms with van der Waals surface area (Å²) in [5, 5.41) is 9.03. The van der Waals surface area contributed by atoms with Crippen LogP contribution in [0.1, 0.15) is 35.6 Å². The van der Waals surface area contributed by atoms with Crippen molar-refractivity contribution in [2.75, 3.05) is 13.9 Å². The first kappa shape index (κ1) is 15.8. The van der Waals surface area contributed by atoms with Crippen molar-refractivity contribution in [3.05, 3.63) is 40.0 Å². The fourth-order valence-electron chi connectivity index (χ4n) is 3.57. The first-order valence-corrected chi connectivity index (χ1v) is 8.48. The molecular weight excluding hydrogens is 328 g/mol. The highest BCUT2D eigenvalue weighted by Gasteiger charge is 2.38. The molecule has 5 nitrogen and oxygen atoms in total. The van der Waals surface area contributed by atoms with E-state index in [1.165, 1.54) is 0 Å². The molecule has 1 saturated heterocycles. The zero-order chi connectivity index (χ0) is 16.7. The van der Waals surface area contributed by atoms with Crippen LogP contribution in [-0.4, -0.2) is 30.2 Å². The Morgan fingerprint density at radius 3 is 3.00 bits per heavy atom. The molecule has 0 saturated carbocycles. The Bertz CT molecular complexity index is 781. The van der Waals surface area contributed by atoms with Crippen LogP contribution in [0, 0.1) is 6.92 Å². The van der Waals surface area contributed by atoms with Gasteiger partial charge >= 0.3 is 0 Å². The molecule has 1 aromatic heterocycles. The minimum absolute atomic E-state index is 0.0364. The summed E-state index contributed by atoms with van der Waals surface area (Å²) in [6.45, 7) is 2.22. The van der Waals surface area contributed by atoms with E-state index in [0.717, 1.165) is 53.0 Å². The third-order valence-corrected chi connectivity index (χ3v) is 4.94. The summed E-state index contributed by atoms with van der Waals surface area (Å²) in [6, 6.07) is 6.06. The van der Waals surface area contributed by atoms with Crippen molar-refractivity contribution in [3.8, 4) is 17.0 Å². The molecular formula is C18H19ClN2O3. The first-order valence-electron chi connectivity index (χ1n) is 8.10. The van der Waals surface area contributed by atoms with Crippen molar-refractivity contribution in [2.24, 2.45) is 0 Å². The van der Waals surface area contributed by atoms with Crippen LogP contribution in [0.15, 0.2) is 18.2 Å². The minimum Gasteiger partial charge on any atom is -0.467 e. The lowest BCUT2D eigenvalue weighted by molar-refractivity contribution is 0.0321. The molecule has 126 valence electrons. The number of hydrogen-bond acceptors (Lipinski definition) is 5. The lowest BCUT2D eigenvalue weighted by Crippen LogP contribution is -2.20.